The summed E-state index contributed by atoms with van der Waals surface area (Å²) in [6.07, 6.45) is 0.565. The third kappa shape index (κ3) is 4.25. The molecule has 0 saturated carbocycles. The SMILES string of the molecule is COCCCN1C(=O)C(Nc2ccc(OC)cc2OC)=C(c2ccccc2)C1=O. The van der Waals surface area contributed by atoms with E-state index in [0.29, 0.717) is 41.4 Å². The Morgan fingerprint density at radius 3 is 2.34 bits per heavy atom. The van der Waals surface area contributed by atoms with Gasteiger partial charge in [0.2, 0.25) is 0 Å². The monoisotopic (exact) mass is 396 g/mol. The van der Waals surface area contributed by atoms with E-state index in [1.54, 1.807) is 32.4 Å². The maximum Gasteiger partial charge on any atom is 0.278 e. The van der Waals surface area contributed by atoms with Gasteiger partial charge in [-0.2, -0.15) is 0 Å². The van der Waals surface area contributed by atoms with Crippen LogP contribution in [0.1, 0.15) is 12.0 Å². The standard InChI is InChI=1S/C22H24N2O5/c1-27-13-7-12-24-21(25)19(15-8-5-4-6-9-15)20(22(24)26)23-17-11-10-16(28-2)14-18(17)29-3/h4-6,8-11,14,23H,7,12-13H2,1-3H3. The number of anilines is 1. The first kappa shape index (κ1) is 20.4. The van der Waals surface area contributed by atoms with Crippen molar-refractivity contribution in [2.24, 2.45) is 0 Å². The molecule has 0 unspecified atom stereocenters. The molecule has 1 heterocycles. The van der Waals surface area contributed by atoms with Crippen molar-refractivity contribution >= 4 is 23.1 Å². The fourth-order valence-corrected chi connectivity index (χ4v) is 3.17. The van der Waals surface area contributed by atoms with Crippen molar-refractivity contribution in [2.75, 3.05) is 39.8 Å². The Morgan fingerprint density at radius 2 is 1.69 bits per heavy atom. The van der Waals surface area contributed by atoms with Gasteiger partial charge in [0.1, 0.15) is 17.2 Å². The summed E-state index contributed by atoms with van der Waals surface area (Å²) in [5.41, 5.74) is 1.81. The Morgan fingerprint density at radius 1 is 0.931 bits per heavy atom. The first-order chi connectivity index (χ1) is 14.1. The molecule has 2 aromatic rings. The van der Waals surface area contributed by atoms with Crippen LogP contribution in [0.2, 0.25) is 0 Å². The van der Waals surface area contributed by atoms with Crippen LogP contribution in [0.4, 0.5) is 5.69 Å². The molecule has 0 atom stereocenters. The Hall–Kier alpha value is -3.32. The zero-order valence-electron chi connectivity index (χ0n) is 16.7. The number of carbonyl (C=O) groups is 2. The minimum Gasteiger partial charge on any atom is -0.497 e. The minimum atomic E-state index is -0.372. The van der Waals surface area contributed by atoms with E-state index >= 15 is 0 Å². The molecule has 0 radical (unpaired) electrons. The fraction of sp³-hybridized carbons (Fsp3) is 0.273. The molecular weight excluding hydrogens is 372 g/mol. The number of imide groups is 1. The van der Waals surface area contributed by atoms with Crippen molar-refractivity contribution < 1.29 is 23.8 Å². The van der Waals surface area contributed by atoms with Crippen LogP contribution in [0.3, 0.4) is 0 Å². The number of ether oxygens (including phenoxy) is 3. The normalized spacial score (nSPS) is 13.8. The van der Waals surface area contributed by atoms with E-state index in [9.17, 15) is 9.59 Å². The maximum atomic E-state index is 13.1. The van der Waals surface area contributed by atoms with E-state index in [4.69, 9.17) is 14.2 Å². The Kier molecular flexibility index (Phi) is 6.51. The molecule has 3 rings (SSSR count). The first-order valence-corrected chi connectivity index (χ1v) is 9.24. The molecule has 7 nitrogen and oxygen atoms in total. The van der Waals surface area contributed by atoms with E-state index in [1.165, 1.54) is 12.0 Å². The number of hydrogen-bond acceptors (Lipinski definition) is 6. The lowest BCUT2D eigenvalue weighted by Gasteiger charge is -2.16. The van der Waals surface area contributed by atoms with E-state index < -0.39 is 0 Å². The minimum absolute atomic E-state index is 0.224. The average Bonchev–Trinajstić information content (AvgIpc) is 2.99. The third-order valence-electron chi connectivity index (χ3n) is 4.63. The van der Waals surface area contributed by atoms with Gasteiger partial charge in [-0.05, 0) is 24.1 Å². The highest BCUT2D eigenvalue weighted by atomic mass is 16.5. The number of benzene rings is 2. The number of amides is 2. The summed E-state index contributed by atoms with van der Waals surface area (Å²) in [6, 6.07) is 14.4. The van der Waals surface area contributed by atoms with Gasteiger partial charge in [0.25, 0.3) is 11.8 Å². The van der Waals surface area contributed by atoms with Crippen LogP contribution < -0.4 is 14.8 Å². The molecule has 7 heteroatoms. The van der Waals surface area contributed by atoms with Crippen molar-refractivity contribution in [1.29, 1.82) is 0 Å². The van der Waals surface area contributed by atoms with Crippen LogP contribution >= 0.6 is 0 Å². The average molecular weight is 396 g/mol. The second kappa shape index (κ2) is 9.25. The van der Waals surface area contributed by atoms with Crippen molar-refractivity contribution in [2.45, 2.75) is 6.42 Å². The zero-order valence-corrected chi connectivity index (χ0v) is 16.7. The highest BCUT2D eigenvalue weighted by Gasteiger charge is 2.39. The molecule has 0 saturated heterocycles. The molecule has 0 fully saturated rings. The van der Waals surface area contributed by atoms with Crippen LogP contribution in [0.5, 0.6) is 11.5 Å². The fourth-order valence-electron chi connectivity index (χ4n) is 3.17. The van der Waals surface area contributed by atoms with Gasteiger partial charge in [-0.3, -0.25) is 14.5 Å². The van der Waals surface area contributed by atoms with Crippen LogP contribution in [-0.2, 0) is 14.3 Å². The predicted octanol–water partition coefficient (Wildman–Crippen LogP) is 2.93. The molecule has 29 heavy (non-hydrogen) atoms. The molecule has 2 aromatic carbocycles. The van der Waals surface area contributed by atoms with Gasteiger partial charge in [-0.15, -0.1) is 0 Å². The summed E-state index contributed by atoms with van der Waals surface area (Å²) < 4.78 is 15.7. The zero-order chi connectivity index (χ0) is 20.8. The number of nitrogens with zero attached hydrogens (tertiary/aromatic N) is 1. The second-order valence-electron chi connectivity index (χ2n) is 6.42. The van der Waals surface area contributed by atoms with Gasteiger partial charge in [-0.1, -0.05) is 30.3 Å². The van der Waals surface area contributed by atoms with Crippen molar-refractivity contribution in [3.63, 3.8) is 0 Å². The summed E-state index contributed by atoms with van der Waals surface area (Å²) >= 11 is 0. The predicted molar refractivity (Wildman–Crippen MR) is 110 cm³/mol. The Labute approximate surface area is 169 Å². The van der Waals surface area contributed by atoms with Crippen LogP contribution in [-0.4, -0.2) is 51.2 Å². The summed E-state index contributed by atoms with van der Waals surface area (Å²) in [6.45, 7) is 0.750. The molecule has 1 aliphatic heterocycles. The lowest BCUT2D eigenvalue weighted by Crippen LogP contribution is -2.33. The molecule has 0 aromatic heterocycles. The largest absolute Gasteiger partial charge is 0.497 e. The van der Waals surface area contributed by atoms with Crippen molar-refractivity contribution in [3.05, 3.63) is 59.8 Å². The van der Waals surface area contributed by atoms with E-state index in [1.807, 2.05) is 30.3 Å². The summed E-state index contributed by atoms with van der Waals surface area (Å²) in [4.78, 5) is 27.4. The number of rotatable bonds is 9. The summed E-state index contributed by atoms with van der Waals surface area (Å²) in [7, 11) is 4.68. The molecule has 0 bridgehead atoms. The smallest absolute Gasteiger partial charge is 0.278 e. The second-order valence-corrected chi connectivity index (χ2v) is 6.42. The van der Waals surface area contributed by atoms with E-state index in [2.05, 4.69) is 5.32 Å². The molecule has 1 aliphatic rings. The summed E-state index contributed by atoms with van der Waals surface area (Å²) in [5.74, 6) is 0.428. The quantitative estimate of drug-likeness (QED) is 0.519. The van der Waals surface area contributed by atoms with Gasteiger partial charge in [0, 0.05) is 26.3 Å². The molecule has 0 aliphatic carbocycles. The number of nitrogens with one attached hydrogen (secondary N) is 1. The molecular formula is C22H24N2O5. The topological polar surface area (TPSA) is 77.1 Å². The molecule has 1 N–H and O–H groups in total. The first-order valence-electron chi connectivity index (χ1n) is 9.24. The van der Waals surface area contributed by atoms with Crippen LogP contribution in [0.25, 0.3) is 5.57 Å². The number of hydrogen-bond donors (Lipinski definition) is 1. The van der Waals surface area contributed by atoms with Crippen LogP contribution in [0.15, 0.2) is 54.2 Å². The Balaban J connectivity index is 2.00. The lowest BCUT2D eigenvalue weighted by molar-refractivity contribution is -0.136. The van der Waals surface area contributed by atoms with Crippen molar-refractivity contribution in [3.8, 4) is 11.5 Å². The van der Waals surface area contributed by atoms with Gasteiger partial charge in [-0.25, -0.2) is 0 Å². The summed E-state index contributed by atoms with van der Waals surface area (Å²) in [5, 5.41) is 3.12. The third-order valence-corrected chi connectivity index (χ3v) is 4.63. The molecule has 2 amide bonds. The van der Waals surface area contributed by atoms with Gasteiger partial charge >= 0.3 is 0 Å². The Bertz CT molecular complexity index is 924. The highest BCUT2D eigenvalue weighted by molar-refractivity contribution is 6.36. The van der Waals surface area contributed by atoms with Gasteiger partial charge in [0.15, 0.2) is 0 Å². The van der Waals surface area contributed by atoms with Gasteiger partial charge in [0.05, 0.1) is 25.5 Å². The molecule has 152 valence electrons. The number of methoxy groups -OCH3 is 3. The highest BCUT2D eigenvalue weighted by Crippen LogP contribution is 2.35. The lowest BCUT2D eigenvalue weighted by atomic mass is 10.0. The van der Waals surface area contributed by atoms with Crippen molar-refractivity contribution in [1.82, 2.24) is 4.90 Å². The number of carbonyl (C=O) groups excluding carboxylic acids is 2. The van der Waals surface area contributed by atoms with E-state index in [0.717, 1.165) is 0 Å². The maximum absolute atomic E-state index is 13.1. The van der Waals surface area contributed by atoms with Crippen LogP contribution in [0, 0.1) is 0 Å². The van der Waals surface area contributed by atoms with Gasteiger partial charge < -0.3 is 19.5 Å². The van der Waals surface area contributed by atoms with E-state index in [-0.39, 0.29) is 24.1 Å². The molecule has 0 spiro atoms.